The average Bonchev–Trinajstić information content (AvgIpc) is 2.70. The number of carbonyl (C=O) groups excluding carboxylic acids is 3. The fraction of sp³-hybridized carbons (Fsp3) is 0.450. The van der Waals surface area contributed by atoms with E-state index in [9.17, 15) is 14.4 Å². The van der Waals surface area contributed by atoms with Gasteiger partial charge in [-0.05, 0) is 24.1 Å². The average molecular weight is 357 g/mol. The Labute approximate surface area is 154 Å². The molecule has 140 valence electrons. The van der Waals surface area contributed by atoms with Gasteiger partial charge in [0.1, 0.15) is 0 Å². The minimum Gasteiger partial charge on any atom is -0.356 e. The van der Waals surface area contributed by atoms with E-state index in [-0.39, 0.29) is 30.6 Å². The second kappa shape index (κ2) is 9.75. The van der Waals surface area contributed by atoms with E-state index < -0.39 is 0 Å². The van der Waals surface area contributed by atoms with Crippen LogP contribution in [0, 0.1) is 0 Å². The molecule has 0 bridgehead atoms. The van der Waals surface area contributed by atoms with Gasteiger partial charge < -0.3 is 15.1 Å². The highest BCUT2D eigenvalue weighted by atomic mass is 16.2. The summed E-state index contributed by atoms with van der Waals surface area (Å²) in [4.78, 5) is 39.9. The largest absolute Gasteiger partial charge is 0.356 e. The lowest BCUT2D eigenvalue weighted by Gasteiger charge is -2.35. The Morgan fingerprint density at radius 3 is 2.23 bits per heavy atom. The first kappa shape index (κ1) is 19.7. The standard InChI is InChI=1S/C20H27N3O3/c1-3-11-21-18(24)9-10-19(25)22-12-14-23(15-13-22)20(26)17-7-5-16(4-2)6-8-17/h4-8H,2-3,9-15H2,1H3,(H,21,24). The molecule has 0 radical (unpaired) electrons. The number of carbonyl (C=O) groups is 3. The van der Waals surface area contributed by atoms with Gasteiger partial charge in [-0.1, -0.05) is 31.7 Å². The lowest BCUT2D eigenvalue weighted by Crippen LogP contribution is -2.50. The molecule has 1 aliphatic rings. The summed E-state index contributed by atoms with van der Waals surface area (Å²) < 4.78 is 0. The van der Waals surface area contributed by atoms with Gasteiger partial charge in [0.15, 0.2) is 0 Å². The zero-order chi connectivity index (χ0) is 18.9. The highest BCUT2D eigenvalue weighted by Gasteiger charge is 2.24. The minimum absolute atomic E-state index is 0.0216. The fourth-order valence-electron chi connectivity index (χ4n) is 2.83. The first-order chi connectivity index (χ1) is 12.5. The third-order valence-electron chi connectivity index (χ3n) is 4.45. The number of nitrogens with zero attached hydrogens (tertiary/aromatic N) is 2. The summed E-state index contributed by atoms with van der Waals surface area (Å²) in [7, 11) is 0. The summed E-state index contributed by atoms with van der Waals surface area (Å²) in [5.41, 5.74) is 1.61. The van der Waals surface area contributed by atoms with Crippen LogP contribution >= 0.6 is 0 Å². The van der Waals surface area contributed by atoms with E-state index in [4.69, 9.17) is 0 Å². The number of nitrogens with one attached hydrogen (secondary N) is 1. The van der Waals surface area contributed by atoms with Crippen LogP contribution in [-0.4, -0.2) is 60.2 Å². The van der Waals surface area contributed by atoms with Crippen molar-refractivity contribution in [3.8, 4) is 0 Å². The van der Waals surface area contributed by atoms with Crippen molar-refractivity contribution < 1.29 is 14.4 Å². The molecule has 6 heteroatoms. The Morgan fingerprint density at radius 1 is 1.04 bits per heavy atom. The second-order valence-electron chi connectivity index (χ2n) is 6.35. The smallest absolute Gasteiger partial charge is 0.253 e. The molecule has 0 saturated carbocycles. The Kier molecular flexibility index (Phi) is 7.38. The van der Waals surface area contributed by atoms with Crippen LogP contribution < -0.4 is 5.32 Å². The maximum Gasteiger partial charge on any atom is 0.253 e. The number of rotatable bonds is 7. The van der Waals surface area contributed by atoms with E-state index in [0.717, 1.165) is 12.0 Å². The van der Waals surface area contributed by atoms with E-state index in [1.54, 1.807) is 28.0 Å². The Balaban J connectivity index is 1.78. The van der Waals surface area contributed by atoms with Crippen LogP contribution in [-0.2, 0) is 9.59 Å². The number of piperazine rings is 1. The van der Waals surface area contributed by atoms with Crippen LogP contribution in [0.2, 0.25) is 0 Å². The maximum atomic E-state index is 12.5. The van der Waals surface area contributed by atoms with Crippen LogP contribution in [0.25, 0.3) is 6.08 Å². The summed E-state index contributed by atoms with van der Waals surface area (Å²) in [6.07, 6.45) is 3.05. The van der Waals surface area contributed by atoms with Gasteiger partial charge in [-0.15, -0.1) is 0 Å². The van der Waals surface area contributed by atoms with Gasteiger partial charge in [0, 0.05) is 51.1 Å². The molecular weight excluding hydrogens is 330 g/mol. The molecule has 0 aromatic heterocycles. The van der Waals surface area contributed by atoms with Crippen LogP contribution in [0.15, 0.2) is 30.8 Å². The molecule has 1 aromatic carbocycles. The normalized spacial score (nSPS) is 14.0. The van der Waals surface area contributed by atoms with Gasteiger partial charge >= 0.3 is 0 Å². The zero-order valence-corrected chi connectivity index (χ0v) is 15.4. The molecule has 1 heterocycles. The van der Waals surface area contributed by atoms with Crippen LogP contribution in [0.1, 0.15) is 42.1 Å². The molecule has 0 atom stereocenters. The summed E-state index contributed by atoms with van der Waals surface area (Å²) in [6.45, 7) is 8.36. The number of hydrogen-bond donors (Lipinski definition) is 1. The molecule has 2 rings (SSSR count). The van der Waals surface area contributed by atoms with Crippen molar-refractivity contribution in [1.82, 2.24) is 15.1 Å². The minimum atomic E-state index is -0.0861. The van der Waals surface area contributed by atoms with E-state index >= 15 is 0 Å². The molecule has 0 unspecified atom stereocenters. The predicted octanol–water partition coefficient (Wildman–Crippen LogP) is 1.92. The highest BCUT2D eigenvalue weighted by Crippen LogP contribution is 2.12. The van der Waals surface area contributed by atoms with E-state index in [0.29, 0.717) is 38.3 Å². The van der Waals surface area contributed by atoms with Crippen molar-refractivity contribution in [2.45, 2.75) is 26.2 Å². The van der Waals surface area contributed by atoms with E-state index in [1.165, 1.54) is 0 Å². The summed E-state index contributed by atoms with van der Waals surface area (Å²) in [5, 5.41) is 2.77. The van der Waals surface area contributed by atoms with Crippen LogP contribution in [0.3, 0.4) is 0 Å². The topological polar surface area (TPSA) is 69.7 Å². The van der Waals surface area contributed by atoms with Gasteiger partial charge in [-0.25, -0.2) is 0 Å². The van der Waals surface area contributed by atoms with Gasteiger partial charge in [0.25, 0.3) is 5.91 Å². The van der Waals surface area contributed by atoms with Gasteiger partial charge in [0.05, 0.1) is 0 Å². The van der Waals surface area contributed by atoms with Crippen LogP contribution in [0.5, 0.6) is 0 Å². The van der Waals surface area contributed by atoms with Crippen molar-refractivity contribution in [3.05, 3.63) is 42.0 Å². The molecule has 26 heavy (non-hydrogen) atoms. The Morgan fingerprint density at radius 2 is 1.65 bits per heavy atom. The Hall–Kier alpha value is -2.63. The Bertz CT molecular complexity index is 647. The van der Waals surface area contributed by atoms with Crippen molar-refractivity contribution in [3.63, 3.8) is 0 Å². The fourth-order valence-corrected chi connectivity index (χ4v) is 2.83. The van der Waals surface area contributed by atoms with Crippen molar-refractivity contribution in [1.29, 1.82) is 0 Å². The number of amides is 3. The first-order valence-electron chi connectivity index (χ1n) is 9.11. The SMILES string of the molecule is C=Cc1ccc(C(=O)N2CCN(C(=O)CCC(=O)NCCC)CC2)cc1. The molecule has 0 aliphatic carbocycles. The molecule has 6 nitrogen and oxygen atoms in total. The second-order valence-corrected chi connectivity index (χ2v) is 6.35. The van der Waals surface area contributed by atoms with E-state index in [2.05, 4.69) is 11.9 Å². The third kappa shape index (κ3) is 5.44. The van der Waals surface area contributed by atoms with Gasteiger partial charge in [0.2, 0.25) is 11.8 Å². The first-order valence-corrected chi connectivity index (χ1v) is 9.11. The van der Waals surface area contributed by atoms with Crippen molar-refractivity contribution in [2.75, 3.05) is 32.7 Å². The third-order valence-corrected chi connectivity index (χ3v) is 4.45. The molecule has 1 N–H and O–H groups in total. The van der Waals surface area contributed by atoms with Crippen molar-refractivity contribution in [2.24, 2.45) is 0 Å². The quantitative estimate of drug-likeness (QED) is 0.810. The summed E-state index contributed by atoms with van der Waals surface area (Å²) in [5.74, 6) is -0.136. The van der Waals surface area contributed by atoms with E-state index in [1.807, 2.05) is 19.1 Å². The molecule has 1 saturated heterocycles. The molecular formula is C20H27N3O3. The number of hydrogen-bond acceptors (Lipinski definition) is 3. The molecule has 1 aliphatic heterocycles. The van der Waals surface area contributed by atoms with Crippen LogP contribution in [0.4, 0.5) is 0 Å². The lowest BCUT2D eigenvalue weighted by molar-refractivity contribution is -0.134. The van der Waals surface area contributed by atoms with Gasteiger partial charge in [-0.3, -0.25) is 14.4 Å². The predicted molar refractivity (Wildman–Crippen MR) is 102 cm³/mol. The maximum absolute atomic E-state index is 12.5. The van der Waals surface area contributed by atoms with Crippen molar-refractivity contribution >= 4 is 23.8 Å². The highest BCUT2D eigenvalue weighted by molar-refractivity contribution is 5.94. The summed E-state index contributed by atoms with van der Waals surface area (Å²) >= 11 is 0. The lowest BCUT2D eigenvalue weighted by atomic mass is 10.1. The van der Waals surface area contributed by atoms with Gasteiger partial charge in [-0.2, -0.15) is 0 Å². The molecule has 1 fully saturated rings. The monoisotopic (exact) mass is 357 g/mol. The number of benzene rings is 1. The molecule has 1 aromatic rings. The molecule has 3 amide bonds. The molecule has 0 spiro atoms. The zero-order valence-electron chi connectivity index (χ0n) is 15.4. The summed E-state index contributed by atoms with van der Waals surface area (Å²) in [6, 6.07) is 7.32.